The molecular weight excluding hydrogens is 492 g/mol. The first-order valence-electron chi connectivity index (χ1n) is 13.0. The van der Waals surface area contributed by atoms with Crippen molar-refractivity contribution >= 4 is 35.2 Å². The van der Waals surface area contributed by atoms with Crippen LogP contribution in [0.5, 0.6) is 0 Å². The van der Waals surface area contributed by atoms with E-state index in [1.165, 1.54) is 12.5 Å². The van der Waals surface area contributed by atoms with Crippen LogP contribution in [0.2, 0.25) is 5.02 Å². The van der Waals surface area contributed by atoms with Gasteiger partial charge in [0.05, 0.1) is 11.2 Å². The maximum absolute atomic E-state index is 12.7. The van der Waals surface area contributed by atoms with Crippen LogP contribution in [0.25, 0.3) is 0 Å². The van der Waals surface area contributed by atoms with Gasteiger partial charge in [-0.15, -0.1) is 0 Å². The first-order chi connectivity index (χ1) is 17.2. The van der Waals surface area contributed by atoms with Crippen molar-refractivity contribution in [1.29, 1.82) is 0 Å². The monoisotopic (exact) mass is 532 g/mol. The molecule has 0 spiro atoms. The Bertz CT molecular complexity index is 1100. The zero-order valence-corrected chi connectivity index (χ0v) is 23.8. The number of pyridine rings is 1. The number of ether oxygens (including phenoxy) is 1. The second-order valence-electron chi connectivity index (χ2n) is 11.9. The number of rotatable bonds is 8. The van der Waals surface area contributed by atoms with Crippen LogP contribution in [-0.2, 0) is 10.3 Å². The number of halogens is 1. The summed E-state index contributed by atoms with van der Waals surface area (Å²) < 4.78 is 7.18. The molecular formula is C27H41ClN6O3. The number of hydrogen-bond acceptors (Lipinski definition) is 6. The van der Waals surface area contributed by atoms with Gasteiger partial charge in [0.1, 0.15) is 22.9 Å². The van der Waals surface area contributed by atoms with Gasteiger partial charge < -0.3 is 20.7 Å². The van der Waals surface area contributed by atoms with Gasteiger partial charge in [-0.25, -0.2) is 14.5 Å². The molecule has 1 aliphatic rings. The highest BCUT2D eigenvalue weighted by Crippen LogP contribution is 2.39. The molecule has 0 radical (unpaired) electrons. The number of alkyl carbamates (subject to hydrolysis) is 1. The van der Waals surface area contributed by atoms with E-state index in [1.807, 2.05) is 4.68 Å². The number of carbonyl (C=O) groups is 2. The minimum absolute atomic E-state index is 0.210. The van der Waals surface area contributed by atoms with E-state index in [1.54, 1.807) is 26.8 Å². The molecule has 0 saturated heterocycles. The van der Waals surface area contributed by atoms with Crippen LogP contribution >= 0.6 is 11.6 Å². The van der Waals surface area contributed by atoms with Gasteiger partial charge >= 0.3 is 6.09 Å². The Balaban J connectivity index is 1.63. The lowest BCUT2D eigenvalue weighted by atomic mass is 10.0. The van der Waals surface area contributed by atoms with E-state index >= 15 is 0 Å². The van der Waals surface area contributed by atoms with E-state index in [2.05, 4.69) is 54.7 Å². The molecule has 0 bridgehead atoms. The first-order valence-corrected chi connectivity index (χ1v) is 13.4. The van der Waals surface area contributed by atoms with Crippen LogP contribution in [0.3, 0.4) is 0 Å². The Kier molecular flexibility index (Phi) is 9.10. The van der Waals surface area contributed by atoms with E-state index in [-0.39, 0.29) is 17.1 Å². The van der Waals surface area contributed by atoms with Crippen molar-refractivity contribution in [2.45, 2.75) is 91.2 Å². The van der Waals surface area contributed by atoms with Crippen LogP contribution in [0.4, 0.5) is 16.4 Å². The SMILES string of the molecule is C[C@@H]1CC[C@H](c2cc(Nc3cc(Cl)cc(C(=O)NCCCNC(=O)OC(C)(C)C)n3)n(C(C)(C)C)n2)C1. The molecule has 0 aliphatic heterocycles. The van der Waals surface area contributed by atoms with Crippen molar-refractivity contribution in [1.82, 2.24) is 25.4 Å². The number of aromatic nitrogens is 3. The van der Waals surface area contributed by atoms with Gasteiger partial charge in [-0.05, 0) is 78.9 Å². The van der Waals surface area contributed by atoms with Crippen molar-refractivity contribution in [3.8, 4) is 0 Å². The molecule has 2 aromatic heterocycles. The van der Waals surface area contributed by atoms with E-state index in [9.17, 15) is 9.59 Å². The number of carbonyl (C=O) groups excluding carboxylic acids is 2. The van der Waals surface area contributed by atoms with E-state index in [4.69, 9.17) is 21.4 Å². The van der Waals surface area contributed by atoms with Crippen molar-refractivity contribution in [2.75, 3.05) is 18.4 Å². The predicted molar refractivity (Wildman–Crippen MR) is 147 cm³/mol. The summed E-state index contributed by atoms with van der Waals surface area (Å²) in [7, 11) is 0. The van der Waals surface area contributed by atoms with Crippen LogP contribution in [0, 0.1) is 5.92 Å². The maximum Gasteiger partial charge on any atom is 0.407 e. The summed E-state index contributed by atoms with van der Waals surface area (Å²) in [6.45, 7) is 14.8. The molecule has 1 saturated carbocycles. The molecule has 9 nitrogen and oxygen atoms in total. The van der Waals surface area contributed by atoms with Gasteiger partial charge in [-0.3, -0.25) is 4.79 Å². The van der Waals surface area contributed by atoms with Crippen molar-refractivity contribution in [3.05, 3.63) is 34.6 Å². The van der Waals surface area contributed by atoms with Crippen molar-refractivity contribution < 1.29 is 14.3 Å². The molecule has 0 aromatic carbocycles. The number of amides is 2. The summed E-state index contributed by atoms with van der Waals surface area (Å²) in [4.78, 5) is 29.0. The molecule has 1 fully saturated rings. The molecule has 10 heteroatoms. The third-order valence-electron chi connectivity index (χ3n) is 6.06. The molecule has 2 atom stereocenters. The quantitative estimate of drug-likeness (QED) is 0.361. The highest BCUT2D eigenvalue weighted by Gasteiger charge is 2.28. The van der Waals surface area contributed by atoms with Gasteiger partial charge in [0.25, 0.3) is 5.91 Å². The number of anilines is 2. The topological polar surface area (TPSA) is 110 Å². The number of nitrogens with one attached hydrogen (secondary N) is 3. The second-order valence-corrected chi connectivity index (χ2v) is 12.3. The van der Waals surface area contributed by atoms with Gasteiger partial charge in [0.15, 0.2) is 0 Å². The van der Waals surface area contributed by atoms with Gasteiger partial charge in [-0.2, -0.15) is 5.10 Å². The molecule has 0 unspecified atom stereocenters. The molecule has 2 amide bonds. The summed E-state index contributed by atoms with van der Waals surface area (Å²) in [6, 6.07) is 5.32. The Hall–Kier alpha value is -2.81. The summed E-state index contributed by atoms with van der Waals surface area (Å²) in [5.74, 6) is 2.12. The fourth-order valence-electron chi connectivity index (χ4n) is 4.37. The maximum atomic E-state index is 12.7. The Morgan fingerprint density at radius 2 is 1.78 bits per heavy atom. The number of nitrogens with zero attached hydrogens (tertiary/aromatic N) is 3. The fourth-order valence-corrected chi connectivity index (χ4v) is 4.58. The lowest BCUT2D eigenvalue weighted by molar-refractivity contribution is 0.0527. The third kappa shape index (κ3) is 8.62. The average molecular weight is 533 g/mol. The Labute approximate surface area is 225 Å². The van der Waals surface area contributed by atoms with Crippen LogP contribution < -0.4 is 16.0 Å². The summed E-state index contributed by atoms with van der Waals surface area (Å²) in [5.41, 5.74) is 0.504. The third-order valence-corrected chi connectivity index (χ3v) is 6.28. The average Bonchev–Trinajstić information content (AvgIpc) is 3.37. The zero-order chi connectivity index (χ0) is 27.4. The zero-order valence-electron chi connectivity index (χ0n) is 23.1. The van der Waals surface area contributed by atoms with Gasteiger partial charge in [0.2, 0.25) is 0 Å². The second kappa shape index (κ2) is 11.7. The lowest BCUT2D eigenvalue weighted by Gasteiger charge is -2.23. The standard InChI is InChI=1S/C27H41ClN6O3/c1-17-9-10-18(13-17)20-16-23(34(33-20)26(2,3)4)32-22-15-19(28)14-21(31-22)24(35)29-11-8-12-30-25(36)37-27(5,6)7/h14-18H,8-13H2,1-7H3,(H,29,35)(H,30,36)(H,31,32)/t17-,18+/m1/s1. The largest absolute Gasteiger partial charge is 0.444 e. The minimum Gasteiger partial charge on any atom is -0.444 e. The molecule has 204 valence electrons. The number of hydrogen-bond donors (Lipinski definition) is 3. The fraction of sp³-hybridized carbons (Fsp3) is 0.630. The summed E-state index contributed by atoms with van der Waals surface area (Å²) in [5, 5.41) is 14.2. The first kappa shape index (κ1) is 28.8. The smallest absolute Gasteiger partial charge is 0.407 e. The molecule has 1 aliphatic carbocycles. The molecule has 2 heterocycles. The van der Waals surface area contributed by atoms with Crippen LogP contribution in [-0.4, -0.2) is 45.5 Å². The summed E-state index contributed by atoms with van der Waals surface area (Å²) in [6.07, 6.45) is 3.58. The van der Waals surface area contributed by atoms with E-state index in [0.717, 1.165) is 24.4 Å². The van der Waals surface area contributed by atoms with Crippen molar-refractivity contribution in [2.24, 2.45) is 5.92 Å². The highest BCUT2D eigenvalue weighted by molar-refractivity contribution is 6.31. The molecule has 2 aromatic rings. The molecule has 3 rings (SSSR count). The van der Waals surface area contributed by atoms with Gasteiger partial charge in [0, 0.05) is 30.1 Å². The predicted octanol–water partition coefficient (Wildman–Crippen LogP) is 5.98. The molecule has 37 heavy (non-hydrogen) atoms. The van der Waals surface area contributed by atoms with E-state index < -0.39 is 11.7 Å². The lowest BCUT2D eigenvalue weighted by Crippen LogP contribution is -2.34. The van der Waals surface area contributed by atoms with Crippen molar-refractivity contribution in [3.63, 3.8) is 0 Å². The van der Waals surface area contributed by atoms with Gasteiger partial charge in [-0.1, -0.05) is 24.9 Å². The Morgan fingerprint density at radius 1 is 1.08 bits per heavy atom. The highest BCUT2D eigenvalue weighted by atomic mass is 35.5. The minimum atomic E-state index is -0.552. The molecule has 3 N–H and O–H groups in total. The van der Waals surface area contributed by atoms with Crippen LogP contribution in [0.1, 0.15) is 96.2 Å². The Morgan fingerprint density at radius 3 is 2.41 bits per heavy atom. The van der Waals surface area contributed by atoms with Crippen LogP contribution in [0.15, 0.2) is 18.2 Å². The normalized spacial score (nSPS) is 17.9. The summed E-state index contributed by atoms with van der Waals surface area (Å²) >= 11 is 6.34. The van der Waals surface area contributed by atoms with E-state index in [0.29, 0.717) is 42.2 Å².